The lowest BCUT2D eigenvalue weighted by molar-refractivity contribution is -0.496. The van der Waals surface area contributed by atoms with Crippen molar-refractivity contribution in [3.05, 3.63) is 46.0 Å². The molecule has 0 radical (unpaired) electrons. The van der Waals surface area contributed by atoms with Gasteiger partial charge in [0.2, 0.25) is 18.3 Å². The fourth-order valence-corrected chi connectivity index (χ4v) is 1.61. The molecule has 21 heavy (non-hydrogen) atoms. The molecule has 0 N–H and O–H groups in total. The Kier molecular flexibility index (Phi) is 4.50. The number of benzene rings is 1. The molecule has 0 aliphatic carbocycles. The molecule has 2 rings (SSSR count). The van der Waals surface area contributed by atoms with Crippen LogP contribution in [0.3, 0.4) is 0 Å². The third-order valence-corrected chi connectivity index (χ3v) is 2.55. The Bertz CT molecular complexity index is 625. The van der Waals surface area contributed by atoms with Crippen molar-refractivity contribution in [2.24, 2.45) is 0 Å². The highest BCUT2D eigenvalue weighted by Gasteiger charge is 2.13. The van der Waals surface area contributed by atoms with Crippen molar-refractivity contribution in [2.75, 3.05) is 14.2 Å². The standard InChI is InChI=1S/C13H13N3O5/c1-19-11-7-12(20-2)15-13(14-11)21-10-6-4-3-5-9(10)8-16(17)18/h3-7H,8H2,1-2H3. The molecular formula is C13H13N3O5. The molecule has 1 heterocycles. The normalized spacial score (nSPS) is 10.0. The average Bonchev–Trinajstić information content (AvgIpc) is 2.48. The van der Waals surface area contributed by atoms with E-state index in [-0.39, 0.29) is 24.3 Å². The van der Waals surface area contributed by atoms with E-state index in [0.29, 0.717) is 11.3 Å². The number of para-hydroxylation sites is 1. The molecule has 1 aromatic carbocycles. The van der Waals surface area contributed by atoms with E-state index in [0.717, 1.165) is 0 Å². The Morgan fingerprint density at radius 2 is 1.76 bits per heavy atom. The Balaban J connectivity index is 2.31. The largest absolute Gasteiger partial charge is 0.481 e. The van der Waals surface area contributed by atoms with Gasteiger partial charge in [0.05, 0.1) is 25.8 Å². The first kappa shape index (κ1) is 14.5. The number of ether oxygens (including phenoxy) is 3. The van der Waals surface area contributed by atoms with E-state index >= 15 is 0 Å². The van der Waals surface area contributed by atoms with E-state index in [9.17, 15) is 10.1 Å². The highest BCUT2D eigenvalue weighted by atomic mass is 16.6. The van der Waals surface area contributed by atoms with Crippen molar-refractivity contribution in [2.45, 2.75) is 6.54 Å². The van der Waals surface area contributed by atoms with Gasteiger partial charge in [-0.15, -0.1) is 0 Å². The SMILES string of the molecule is COc1cc(OC)nc(Oc2ccccc2C[N+](=O)[O-])n1. The zero-order chi connectivity index (χ0) is 15.2. The van der Waals surface area contributed by atoms with Crippen LogP contribution in [-0.4, -0.2) is 29.1 Å². The summed E-state index contributed by atoms with van der Waals surface area (Å²) < 4.78 is 15.5. The van der Waals surface area contributed by atoms with E-state index in [4.69, 9.17) is 14.2 Å². The molecule has 0 amide bonds. The van der Waals surface area contributed by atoms with Crippen LogP contribution in [0.2, 0.25) is 0 Å². The second-order valence-corrected chi connectivity index (χ2v) is 3.94. The zero-order valence-electron chi connectivity index (χ0n) is 11.5. The van der Waals surface area contributed by atoms with Crippen LogP contribution in [0.25, 0.3) is 0 Å². The fourth-order valence-electron chi connectivity index (χ4n) is 1.61. The van der Waals surface area contributed by atoms with Crippen LogP contribution in [0.15, 0.2) is 30.3 Å². The summed E-state index contributed by atoms with van der Waals surface area (Å²) in [5, 5.41) is 10.7. The van der Waals surface area contributed by atoms with Crippen LogP contribution in [0.4, 0.5) is 0 Å². The van der Waals surface area contributed by atoms with Gasteiger partial charge in [-0.1, -0.05) is 12.1 Å². The van der Waals surface area contributed by atoms with Crippen molar-refractivity contribution >= 4 is 0 Å². The summed E-state index contributed by atoms with van der Waals surface area (Å²) in [6.45, 7) is -0.350. The van der Waals surface area contributed by atoms with Crippen LogP contribution in [0, 0.1) is 10.1 Å². The molecule has 0 bridgehead atoms. The molecule has 0 unspecified atom stereocenters. The van der Waals surface area contributed by atoms with Crippen molar-refractivity contribution in [1.29, 1.82) is 0 Å². The zero-order valence-corrected chi connectivity index (χ0v) is 11.5. The molecule has 0 fully saturated rings. The minimum absolute atomic E-state index is 0.0120. The number of nitrogens with zero attached hydrogens (tertiary/aromatic N) is 3. The monoisotopic (exact) mass is 291 g/mol. The summed E-state index contributed by atoms with van der Waals surface area (Å²) >= 11 is 0. The summed E-state index contributed by atoms with van der Waals surface area (Å²) in [6.07, 6.45) is 0. The lowest BCUT2D eigenvalue weighted by Crippen LogP contribution is -2.02. The highest BCUT2D eigenvalue weighted by molar-refractivity contribution is 5.35. The van der Waals surface area contributed by atoms with Gasteiger partial charge in [0.15, 0.2) is 0 Å². The summed E-state index contributed by atoms with van der Waals surface area (Å²) in [5.74, 6) is 0.844. The lowest BCUT2D eigenvalue weighted by Gasteiger charge is -2.09. The Morgan fingerprint density at radius 1 is 1.14 bits per heavy atom. The van der Waals surface area contributed by atoms with E-state index in [2.05, 4.69) is 9.97 Å². The van der Waals surface area contributed by atoms with Crippen LogP contribution in [-0.2, 0) is 6.54 Å². The quantitative estimate of drug-likeness (QED) is 0.593. The fraction of sp³-hybridized carbons (Fsp3) is 0.231. The molecule has 0 saturated heterocycles. The maximum atomic E-state index is 10.7. The van der Waals surface area contributed by atoms with Gasteiger partial charge in [0.25, 0.3) is 0 Å². The number of hydrogen-bond acceptors (Lipinski definition) is 7. The van der Waals surface area contributed by atoms with Gasteiger partial charge in [-0.25, -0.2) is 0 Å². The number of hydrogen-bond donors (Lipinski definition) is 0. The van der Waals surface area contributed by atoms with E-state index in [1.54, 1.807) is 24.3 Å². The number of rotatable bonds is 6. The van der Waals surface area contributed by atoms with Crippen LogP contribution < -0.4 is 14.2 Å². The van der Waals surface area contributed by atoms with E-state index in [1.807, 2.05) is 0 Å². The average molecular weight is 291 g/mol. The third-order valence-electron chi connectivity index (χ3n) is 2.55. The summed E-state index contributed by atoms with van der Waals surface area (Å²) in [7, 11) is 2.90. The third kappa shape index (κ3) is 3.78. The molecule has 0 atom stereocenters. The van der Waals surface area contributed by atoms with Gasteiger partial charge in [-0.3, -0.25) is 10.1 Å². The first-order valence-electron chi connectivity index (χ1n) is 5.97. The van der Waals surface area contributed by atoms with Crippen molar-refractivity contribution < 1.29 is 19.1 Å². The summed E-state index contributed by atoms with van der Waals surface area (Å²) in [5.41, 5.74) is 0.424. The minimum atomic E-state index is -0.435. The van der Waals surface area contributed by atoms with Crippen LogP contribution >= 0.6 is 0 Å². The predicted octanol–water partition coefficient (Wildman–Crippen LogP) is 2.06. The highest BCUT2D eigenvalue weighted by Crippen LogP contribution is 2.26. The molecule has 1 aromatic heterocycles. The molecule has 0 saturated carbocycles. The van der Waals surface area contributed by atoms with E-state index < -0.39 is 4.92 Å². The molecule has 8 nitrogen and oxygen atoms in total. The maximum absolute atomic E-state index is 10.7. The smallest absolute Gasteiger partial charge is 0.328 e. The summed E-state index contributed by atoms with van der Waals surface area (Å²) in [4.78, 5) is 18.2. The van der Waals surface area contributed by atoms with E-state index in [1.165, 1.54) is 20.3 Å². The van der Waals surface area contributed by atoms with Gasteiger partial charge < -0.3 is 14.2 Å². The number of aromatic nitrogens is 2. The predicted molar refractivity (Wildman–Crippen MR) is 72.4 cm³/mol. The molecule has 0 aliphatic rings. The molecule has 0 aliphatic heterocycles. The molecule has 110 valence electrons. The molecular weight excluding hydrogens is 278 g/mol. The number of methoxy groups -OCH3 is 2. The lowest BCUT2D eigenvalue weighted by atomic mass is 10.2. The second-order valence-electron chi connectivity index (χ2n) is 3.94. The number of nitro groups is 1. The van der Waals surface area contributed by atoms with Gasteiger partial charge in [0.1, 0.15) is 5.75 Å². The van der Waals surface area contributed by atoms with Gasteiger partial charge >= 0.3 is 6.01 Å². The van der Waals surface area contributed by atoms with Crippen molar-refractivity contribution in [3.63, 3.8) is 0 Å². The van der Waals surface area contributed by atoms with Crippen LogP contribution in [0.5, 0.6) is 23.5 Å². The molecule has 0 spiro atoms. The maximum Gasteiger partial charge on any atom is 0.328 e. The Hall–Kier alpha value is -2.90. The summed E-state index contributed by atoms with van der Waals surface area (Å²) in [6, 6.07) is 8.09. The van der Waals surface area contributed by atoms with Gasteiger partial charge in [-0.05, 0) is 12.1 Å². The first-order valence-corrected chi connectivity index (χ1v) is 5.97. The Labute approximate surface area is 120 Å². The van der Waals surface area contributed by atoms with Crippen molar-refractivity contribution in [1.82, 2.24) is 9.97 Å². The molecule has 2 aromatic rings. The Morgan fingerprint density at radius 3 is 2.33 bits per heavy atom. The van der Waals surface area contributed by atoms with Gasteiger partial charge in [-0.2, -0.15) is 9.97 Å². The second kappa shape index (κ2) is 6.51. The van der Waals surface area contributed by atoms with Gasteiger partial charge in [0, 0.05) is 4.92 Å². The minimum Gasteiger partial charge on any atom is -0.481 e. The first-order chi connectivity index (χ1) is 10.1. The van der Waals surface area contributed by atoms with Crippen molar-refractivity contribution in [3.8, 4) is 23.5 Å². The topological polar surface area (TPSA) is 96.6 Å². The van der Waals surface area contributed by atoms with Crippen LogP contribution in [0.1, 0.15) is 5.56 Å². The molecule has 8 heteroatoms.